The van der Waals surface area contributed by atoms with Gasteiger partial charge in [0.2, 0.25) is 0 Å². The highest BCUT2D eigenvalue weighted by atomic mass is 16.3. The first kappa shape index (κ1) is 11.5. The molecule has 2 heteroatoms. The van der Waals surface area contributed by atoms with E-state index in [1.165, 1.54) is 6.42 Å². The van der Waals surface area contributed by atoms with Gasteiger partial charge in [-0.1, -0.05) is 38.3 Å². The van der Waals surface area contributed by atoms with E-state index in [0.29, 0.717) is 0 Å². The predicted molar refractivity (Wildman–Crippen MR) is 64.6 cm³/mol. The second-order valence-corrected chi connectivity index (χ2v) is 4.98. The molecule has 16 heavy (non-hydrogen) atoms. The van der Waals surface area contributed by atoms with Gasteiger partial charge in [-0.3, -0.25) is 0 Å². The molecule has 1 unspecified atom stereocenters. The highest BCUT2D eigenvalue weighted by molar-refractivity contribution is 5.29. The van der Waals surface area contributed by atoms with Crippen LogP contribution in [-0.4, -0.2) is 15.8 Å². The molecule has 0 bridgehead atoms. The highest BCUT2D eigenvalue weighted by Gasteiger charge is 2.35. The molecular weight excluding hydrogens is 200 g/mol. The number of phenolic OH excluding ortho intramolecular Hbond substituents is 1. The zero-order valence-electron chi connectivity index (χ0n) is 9.82. The van der Waals surface area contributed by atoms with Crippen molar-refractivity contribution in [2.75, 3.05) is 0 Å². The third-order valence-electron chi connectivity index (χ3n) is 3.92. The van der Waals surface area contributed by atoms with Gasteiger partial charge in [-0.15, -0.1) is 0 Å². The molecule has 1 atom stereocenters. The first-order valence-electron chi connectivity index (χ1n) is 6.13. The van der Waals surface area contributed by atoms with Crippen LogP contribution in [-0.2, 0) is 0 Å². The lowest BCUT2D eigenvalue weighted by atomic mass is 9.74. The van der Waals surface area contributed by atoms with Gasteiger partial charge in [-0.2, -0.15) is 0 Å². The maximum atomic E-state index is 10.6. The molecule has 88 valence electrons. The molecule has 2 rings (SSSR count). The van der Waals surface area contributed by atoms with Crippen molar-refractivity contribution < 1.29 is 10.2 Å². The monoisotopic (exact) mass is 220 g/mol. The molecule has 0 amide bonds. The van der Waals surface area contributed by atoms with E-state index < -0.39 is 5.60 Å². The molecule has 1 aromatic carbocycles. The number of rotatable bonds is 2. The van der Waals surface area contributed by atoms with Crippen molar-refractivity contribution in [2.24, 2.45) is 0 Å². The normalized spacial score (nSPS) is 21.6. The molecule has 0 heterocycles. The van der Waals surface area contributed by atoms with E-state index in [9.17, 15) is 10.2 Å². The Labute approximate surface area is 96.9 Å². The quantitative estimate of drug-likeness (QED) is 0.803. The highest BCUT2D eigenvalue weighted by Crippen LogP contribution is 2.39. The zero-order valence-corrected chi connectivity index (χ0v) is 9.82. The largest absolute Gasteiger partial charge is 0.508 e. The Balaban J connectivity index is 2.16. The van der Waals surface area contributed by atoms with E-state index >= 15 is 0 Å². The second-order valence-electron chi connectivity index (χ2n) is 4.98. The van der Waals surface area contributed by atoms with Gasteiger partial charge in [0, 0.05) is 5.92 Å². The van der Waals surface area contributed by atoms with Crippen molar-refractivity contribution in [3.63, 3.8) is 0 Å². The van der Waals surface area contributed by atoms with Crippen molar-refractivity contribution in [3.8, 4) is 5.75 Å². The fourth-order valence-electron chi connectivity index (χ4n) is 2.67. The molecule has 2 N–H and O–H groups in total. The molecule has 1 aliphatic carbocycles. The average molecular weight is 220 g/mol. The lowest BCUT2D eigenvalue weighted by molar-refractivity contribution is -0.0168. The molecule has 1 aliphatic rings. The summed E-state index contributed by atoms with van der Waals surface area (Å²) >= 11 is 0. The van der Waals surface area contributed by atoms with E-state index in [2.05, 4.69) is 6.92 Å². The molecule has 0 aromatic heterocycles. The van der Waals surface area contributed by atoms with Crippen LogP contribution in [0.5, 0.6) is 5.75 Å². The van der Waals surface area contributed by atoms with Gasteiger partial charge >= 0.3 is 0 Å². The number of phenols is 1. The molecule has 1 saturated carbocycles. The van der Waals surface area contributed by atoms with Gasteiger partial charge in [-0.05, 0) is 30.5 Å². The van der Waals surface area contributed by atoms with Gasteiger partial charge in [-0.25, -0.2) is 0 Å². The molecule has 0 aliphatic heterocycles. The first-order chi connectivity index (χ1) is 7.62. The standard InChI is InChI=1S/C14H20O2/c1-11(12-5-7-13(15)8-6-12)14(16)9-3-2-4-10-14/h5-8,11,15-16H,2-4,9-10H2,1H3. The molecule has 0 saturated heterocycles. The molecule has 1 aromatic rings. The fraction of sp³-hybridized carbons (Fsp3) is 0.571. The van der Waals surface area contributed by atoms with Crippen LogP contribution < -0.4 is 0 Å². The van der Waals surface area contributed by atoms with Gasteiger partial charge in [0.15, 0.2) is 0 Å². The fourth-order valence-corrected chi connectivity index (χ4v) is 2.67. The molecular formula is C14H20O2. The van der Waals surface area contributed by atoms with E-state index in [1.54, 1.807) is 12.1 Å². The minimum Gasteiger partial charge on any atom is -0.508 e. The molecule has 0 radical (unpaired) electrons. The number of aromatic hydroxyl groups is 1. The maximum absolute atomic E-state index is 10.6. The average Bonchev–Trinajstić information content (AvgIpc) is 2.30. The zero-order chi connectivity index (χ0) is 11.6. The summed E-state index contributed by atoms with van der Waals surface area (Å²) in [5.41, 5.74) is 0.567. The second kappa shape index (κ2) is 4.46. The summed E-state index contributed by atoms with van der Waals surface area (Å²) in [6, 6.07) is 7.20. The Hall–Kier alpha value is -1.02. The van der Waals surface area contributed by atoms with E-state index in [1.807, 2.05) is 12.1 Å². The van der Waals surface area contributed by atoms with Crippen molar-refractivity contribution in [1.29, 1.82) is 0 Å². The minimum absolute atomic E-state index is 0.147. The Morgan fingerprint density at radius 2 is 1.62 bits per heavy atom. The SMILES string of the molecule is CC(c1ccc(O)cc1)C1(O)CCCCC1. The summed E-state index contributed by atoms with van der Waals surface area (Å²) < 4.78 is 0. The Morgan fingerprint density at radius 3 is 2.19 bits per heavy atom. The van der Waals surface area contributed by atoms with Gasteiger partial charge in [0.1, 0.15) is 5.75 Å². The first-order valence-corrected chi connectivity index (χ1v) is 6.13. The van der Waals surface area contributed by atoms with Crippen LogP contribution in [0, 0.1) is 0 Å². The number of hydrogen-bond donors (Lipinski definition) is 2. The summed E-state index contributed by atoms with van der Waals surface area (Å²) in [5.74, 6) is 0.431. The van der Waals surface area contributed by atoms with E-state index in [4.69, 9.17) is 0 Å². The minimum atomic E-state index is -0.546. The van der Waals surface area contributed by atoms with Crippen molar-refractivity contribution >= 4 is 0 Å². The van der Waals surface area contributed by atoms with Gasteiger partial charge < -0.3 is 10.2 Å². The van der Waals surface area contributed by atoms with Crippen LogP contribution in [0.4, 0.5) is 0 Å². The van der Waals surface area contributed by atoms with Crippen LogP contribution >= 0.6 is 0 Å². The van der Waals surface area contributed by atoms with Crippen molar-refractivity contribution in [3.05, 3.63) is 29.8 Å². The van der Waals surface area contributed by atoms with Crippen LogP contribution in [0.1, 0.15) is 50.5 Å². The van der Waals surface area contributed by atoms with Gasteiger partial charge in [0.05, 0.1) is 5.60 Å². The van der Waals surface area contributed by atoms with Crippen LogP contribution in [0.3, 0.4) is 0 Å². The van der Waals surface area contributed by atoms with Gasteiger partial charge in [0.25, 0.3) is 0 Å². The molecule has 1 fully saturated rings. The predicted octanol–water partition coefficient (Wildman–Crippen LogP) is 3.19. The van der Waals surface area contributed by atoms with E-state index in [-0.39, 0.29) is 11.7 Å². The number of aliphatic hydroxyl groups is 1. The van der Waals surface area contributed by atoms with Crippen molar-refractivity contribution in [1.82, 2.24) is 0 Å². The summed E-state index contributed by atoms with van der Waals surface area (Å²) in [5, 5.41) is 19.9. The lowest BCUT2D eigenvalue weighted by Crippen LogP contribution is -2.36. The van der Waals surface area contributed by atoms with E-state index in [0.717, 1.165) is 31.2 Å². The summed E-state index contributed by atoms with van der Waals surface area (Å²) in [4.78, 5) is 0. The Kier molecular flexibility index (Phi) is 3.20. The molecule has 0 spiro atoms. The summed E-state index contributed by atoms with van der Waals surface area (Å²) in [6.45, 7) is 2.08. The third-order valence-corrected chi connectivity index (χ3v) is 3.92. The smallest absolute Gasteiger partial charge is 0.115 e. The molecule has 2 nitrogen and oxygen atoms in total. The van der Waals surface area contributed by atoms with Crippen LogP contribution in [0.2, 0.25) is 0 Å². The topological polar surface area (TPSA) is 40.5 Å². The number of hydrogen-bond acceptors (Lipinski definition) is 2. The summed E-state index contributed by atoms with van der Waals surface area (Å²) in [6.07, 6.45) is 5.28. The lowest BCUT2D eigenvalue weighted by Gasteiger charge is -2.37. The third kappa shape index (κ3) is 2.22. The van der Waals surface area contributed by atoms with Crippen LogP contribution in [0.25, 0.3) is 0 Å². The summed E-state index contributed by atoms with van der Waals surface area (Å²) in [7, 11) is 0. The number of benzene rings is 1. The Morgan fingerprint density at radius 1 is 1.06 bits per heavy atom. The Bertz CT molecular complexity index is 336. The van der Waals surface area contributed by atoms with Crippen molar-refractivity contribution in [2.45, 2.75) is 50.5 Å². The maximum Gasteiger partial charge on any atom is 0.115 e. The van der Waals surface area contributed by atoms with Crippen LogP contribution in [0.15, 0.2) is 24.3 Å².